The van der Waals surface area contributed by atoms with Crippen LogP contribution < -0.4 is 16.0 Å². The van der Waals surface area contributed by atoms with E-state index in [4.69, 9.17) is 15.5 Å². The number of nitrogens with two attached hydrogens (primary N) is 1. The fourth-order valence-electron chi connectivity index (χ4n) is 3.65. The molecule has 168 valence electrons. The summed E-state index contributed by atoms with van der Waals surface area (Å²) in [6.07, 6.45) is -0.267. The Labute approximate surface area is 196 Å². The van der Waals surface area contributed by atoms with Crippen LogP contribution in [0.2, 0.25) is 0 Å². The topological polar surface area (TPSA) is 83.7 Å². The predicted molar refractivity (Wildman–Crippen MR) is 134 cm³/mol. The summed E-state index contributed by atoms with van der Waals surface area (Å²) in [5.74, 6) is 0.864. The van der Waals surface area contributed by atoms with Gasteiger partial charge < -0.3 is 25.6 Å². The van der Waals surface area contributed by atoms with E-state index in [2.05, 4.69) is 26.1 Å². The molecule has 8 heteroatoms. The Balaban J connectivity index is 1.58. The number of carbonyl (C=O) groups excluding carboxylic acids is 1. The summed E-state index contributed by atoms with van der Waals surface area (Å²) in [5, 5.41) is 4.50. The number of nitrogens with zero attached hydrogens (tertiary/aromatic N) is 3. The summed E-state index contributed by atoms with van der Waals surface area (Å²) in [5.41, 5.74) is 9.03. The SMILES string of the molecule is CC(C)(C)OC(=O)N1CCN(c2cc(Nc3cc(Br)ccc3N)c3ccccc3n2)CC1. The molecule has 3 N–H and O–H groups in total. The summed E-state index contributed by atoms with van der Waals surface area (Å²) >= 11 is 3.51. The first-order valence-corrected chi connectivity index (χ1v) is 11.4. The second-order valence-electron chi connectivity index (χ2n) is 8.86. The third kappa shape index (κ3) is 5.07. The van der Waals surface area contributed by atoms with Crippen molar-refractivity contribution in [3.63, 3.8) is 0 Å². The van der Waals surface area contributed by atoms with Gasteiger partial charge in [0.2, 0.25) is 0 Å². The summed E-state index contributed by atoms with van der Waals surface area (Å²) in [6.45, 7) is 8.19. The zero-order valence-electron chi connectivity index (χ0n) is 18.6. The van der Waals surface area contributed by atoms with Gasteiger partial charge in [-0.1, -0.05) is 34.1 Å². The number of hydrogen-bond acceptors (Lipinski definition) is 6. The highest BCUT2D eigenvalue weighted by Gasteiger charge is 2.26. The minimum atomic E-state index is -0.497. The van der Waals surface area contributed by atoms with E-state index >= 15 is 0 Å². The number of hydrogen-bond donors (Lipinski definition) is 2. The quantitative estimate of drug-likeness (QED) is 0.472. The van der Waals surface area contributed by atoms with Crippen molar-refractivity contribution in [1.82, 2.24) is 9.88 Å². The molecule has 1 aliphatic rings. The lowest BCUT2D eigenvalue weighted by Crippen LogP contribution is -2.50. The molecule has 0 unspecified atom stereocenters. The van der Waals surface area contributed by atoms with Gasteiger partial charge in [0, 0.05) is 42.1 Å². The van der Waals surface area contributed by atoms with Gasteiger partial charge in [-0.15, -0.1) is 0 Å². The number of para-hydroxylation sites is 1. The van der Waals surface area contributed by atoms with E-state index in [0.29, 0.717) is 31.9 Å². The molecule has 1 saturated heterocycles. The lowest BCUT2D eigenvalue weighted by Gasteiger charge is -2.36. The van der Waals surface area contributed by atoms with E-state index in [9.17, 15) is 4.79 Å². The molecule has 0 saturated carbocycles. The molecule has 1 fully saturated rings. The number of amides is 1. The van der Waals surface area contributed by atoms with E-state index < -0.39 is 5.60 Å². The Bertz CT molecular complexity index is 1140. The van der Waals surface area contributed by atoms with Crippen molar-refractivity contribution in [2.24, 2.45) is 0 Å². The molecule has 3 aromatic rings. The zero-order chi connectivity index (χ0) is 22.9. The smallest absolute Gasteiger partial charge is 0.410 e. The van der Waals surface area contributed by atoms with Gasteiger partial charge in [0.25, 0.3) is 0 Å². The van der Waals surface area contributed by atoms with Crippen LogP contribution >= 0.6 is 15.9 Å². The van der Waals surface area contributed by atoms with Gasteiger partial charge in [-0.2, -0.15) is 0 Å². The molecule has 32 heavy (non-hydrogen) atoms. The van der Waals surface area contributed by atoms with E-state index in [1.807, 2.05) is 69.3 Å². The van der Waals surface area contributed by atoms with Crippen LogP contribution in [0, 0.1) is 0 Å². The number of anilines is 4. The Kier molecular flexibility index (Phi) is 6.15. The first-order chi connectivity index (χ1) is 15.2. The van der Waals surface area contributed by atoms with Crippen LogP contribution in [0.1, 0.15) is 20.8 Å². The molecule has 0 bridgehead atoms. The molecule has 0 spiro atoms. The molecule has 1 amide bonds. The number of carbonyl (C=O) groups is 1. The van der Waals surface area contributed by atoms with Gasteiger partial charge in [-0.05, 0) is 45.0 Å². The van der Waals surface area contributed by atoms with Crippen molar-refractivity contribution in [2.45, 2.75) is 26.4 Å². The van der Waals surface area contributed by atoms with Gasteiger partial charge in [-0.25, -0.2) is 9.78 Å². The molecule has 1 aliphatic heterocycles. The standard InChI is InChI=1S/C24H28BrN5O2/c1-24(2,3)32-23(31)30-12-10-29(11-13-30)22-15-20(17-6-4-5-7-19(17)28-22)27-21-14-16(25)8-9-18(21)26/h4-9,14-15H,10-13,26H2,1-3H3,(H,27,28). The van der Waals surface area contributed by atoms with Gasteiger partial charge >= 0.3 is 6.09 Å². The predicted octanol–water partition coefficient (Wildman–Crippen LogP) is 5.38. The largest absolute Gasteiger partial charge is 0.444 e. The second kappa shape index (κ2) is 8.86. The van der Waals surface area contributed by atoms with Crippen LogP contribution in [0.25, 0.3) is 10.9 Å². The Hall–Kier alpha value is -3.00. The number of nitrogens with one attached hydrogen (secondary N) is 1. The maximum atomic E-state index is 12.4. The van der Waals surface area contributed by atoms with E-state index in [1.165, 1.54) is 0 Å². The third-order valence-corrected chi connectivity index (χ3v) is 5.74. The van der Waals surface area contributed by atoms with Gasteiger partial charge in [-0.3, -0.25) is 0 Å². The molecular weight excluding hydrogens is 470 g/mol. The van der Waals surface area contributed by atoms with Gasteiger partial charge in [0.1, 0.15) is 11.4 Å². The van der Waals surface area contributed by atoms with Crippen LogP contribution in [-0.4, -0.2) is 47.8 Å². The van der Waals surface area contributed by atoms with Gasteiger partial charge in [0.05, 0.1) is 22.6 Å². The zero-order valence-corrected chi connectivity index (χ0v) is 20.1. The molecule has 4 rings (SSSR count). The van der Waals surface area contributed by atoms with Crippen molar-refractivity contribution < 1.29 is 9.53 Å². The molecule has 0 aliphatic carbocycles. The highest BCUT2D eigenvalue weighted by atomic mass is 79.9. The average molecular weight is 498 g/mol. The van der Waals surface area contributed by atoms with Crippen LogP contribution in [0.5, 0.6) is 0 Å². The first kappa shape index (κ1) is 22.2. The monoisotopic (exact) mass is 497 g/mol. The fourth-order valence-corrected chi connectivity index (χ4v) is 4.01. The summed E-state index contributed by atoms with van der Waals surface area (Å²) in [7, 11) is 0. The van der Waals surface area contributed by atoms with Crippen molar-refractivity contribution in [3.05, 3.63) is 53.0 Å². The van der Waals surface area contributed by atoms with Crippen molar-refractivity contribution in [1.29, 1.82) is 0 Å². The van der Waals surface area contributed by atoms with E-state index in [0.717, 1.165) is 32.6 Å². The van der Waals surface area contributed by atoms with Crippen LogP contribution in [-0.2, 0) is 4.74 Å². The molecular formula is C24H28BrN5O2. The fraction of sp³-hybridized carbons (Fsp3) is 0.333. The number of piperazine rings is 1. The molecule has 2 aromatic carbocycles. The highest BCUT2D eigenvalue weighted by molar-refractivity contribution is 9.10. The molecule has 2 heterocycles. The highest BCUT2D eigenvalue weighted by Crippen LogP contribution is 2.33. The molecule has 0 atom stereocenters. The Morgan fingerprint density at radius 1 is 1.06 bits per heavy atom. The maximum Gasteiger partial charge on any atom is 0.410 e. The minimum absolute atomic E-state index is 0.267. The number of halogens is 1. The summed E-state index contributed by atoms with van der Waals surface area (Å²) in [4.78, 5) is 21.2. The molecule has 7 nitrogen and oxygen atoms in total. The Morgan fingerprint density at radius 2 is 1.78 bits per heavy atom. The van der Waals surface area contributed by atoms with Crippen molar-refractivity contribution in [3.8, 4) is 0 Å². The van der Waals surface area contributed by atoms with Crippen LogP contribution in [0.4, 0.5) is 27.7 Å². The van der Waals surface area contributed by atoms with Crippen LogP contribution in [0.3, 0.4) is 0 Å². The van der Waals surface area contributed by atoms with Crippen LogP contribution in [0.15, 0.2) is 53.0 Å². The molecule has 1 aromatic heterocycles. The number of rotatable bonds is 3. The lowest BCUT2D eigenvalue weighted by molar-refractivity contribution is 0.0240. The Morgan fingerprint density at radius 3 is 2.50 bits per heavy atom. The normalized spacial score (nSPS) is 14.5. The third-order valence-electron chi connectivity index (χ3n) is 5.24. The number of pyridine rings is 1. The number of nitrogen functional groups attached to an aromatic ring is 1. The second-order valence-corrected chi connectivity index (χ2v) is 9.77. The van der Waals surface area contributed by atoms with E-state index in [1.54, 1.807) is 4.90 Å². The number of fused-ring (bicyclic) bond motifs is 1. The van der Waals surface area contributed by atoms with E-state index in [-0.39, 0.29) is 6.09 Å². The average Bonchev–Trinajstić information content (AvgIpc) is 2.75. The van der Waals surface area contributed by atoms with Gasteiger partial charge in [0.15, 0.2) is 0 Å². The lowest BCUT2D eigenvalue weighted by atomic mass is 10.1. The molecule has 0 radical (unpaired) electrons. The minimum Gasteiger partial charge on any atom is -0.444 e. The summed E-state index contributed by atoms with van der Waals surface area (Å²) in [6, 6.07) is 15.8. The summed E-state index contributed by atoms with van der Waals surface area (Å²) < 4.78 is 6.46. The first-order valence-electron chi connectivity index (χ1n) is 10.6. The van der Waals surface area contributed by atoms with Crippen molar-refractivity contribution >= 4 is 55.8 Å². The number of aromatic nitrogens is 1. The maximum absolute atomic E-state index is 12.4. The van der Waals surface area contributed by atoms with Crippen molar-refractivity contribution in [2.75, 3.05) is 42.1 Å². The number of benzene rings is 2. The number of ether oxygens (including phenoxy) is 1.